The van der Waals surface area contributed by atoms with E-state index in [0.717, 1.165) is 0 Å². The lowest BCUT2D eigenvalue weighted by atomic mass is 10.1. The summed E-state index contributed by atoms with van der Waals surface area (Å²) >= 11 is 3.15. The summed E-state index contributed by atoms with van der Waals surface area (Å²) in [5.74, 6) is 0. The SMILES string of the molecule is CC(O)c1ccc([N+](=O)[O-])cc1Br. The van der Waals surface area contributed by atoms with E-state index in [1.165, 1.54) is 18.2 Å². The molecule has 4 nitrogen and oxygen atoms in total. The van der Waals surface area contributed by atoms with Gasteiger partial charge in [0, 0.05) is 16.6 Å². The van der Waals surface area contributed by atoms with Gasteiger partial charge in [-0.25, -0.2) is 0 Å². The van der Waals surface area contributed by atoms with Gasteiger partial charge in [0.25, 0.3) is 5.69 Å². The first-order valence-corrected chi connectivity index (χ1v) is 4.43. The maximum atomic E-state index is 10.4. The first kappa shape index (κ1) is 10.1. The molecule has 1 atom stereocenters. The lowest BCUT2D eigenvalue weighted by molar-refractivity contribution is -0.384. The largest absolute Gasteiger partial charge is 0.389 e. The summed E-state index contributed by atoms with van der Waals surface area (Å²) in [5, 5.41) is 19.6. The van der Waals surface area contributed by atoms with Crippen molar-refractivity contribution in [2.45, 2.75) is 13.0 Å². The van der Waals surface area contributed by atoms with E-state index in [0.29, 0.717) is 10.0 Å². The predicted molar refractivity (Wildman–Crippen MR) is 51.4 cm³/mol. The molecule has 0 radical (unpaired) electrons. The first-order valence-electron chi connectivity index (χ1n) is 3.64. The van der Waals surface area contributed by atoms with E-state index >= 15 is 0 Å². The predicted octanol–water partition coefficient (Wildman–Crippen LogP) is 2.41. The van der Waals surface area contributed by atoms with E-state index in [1.54, 1.807) is 6.92 Å². The van der Waals surface area contributed by atoms with Crippen LogP contribution in [0.2, 0.25) is 0 Å². The van der Waals surface area contributed by atoms with Crippen molar-refractivity contribution < 1.29 is 10.0 Å². The van der Waals surface area contributed by atoms with Crippen LogP contribution in [0.1, 0.15) is 18.6 Å². The average molecular weight is 246 g/mol. The lowest BCUT2D eigenvalue weighted by Crippen LogP contribution is -1.94. The van der Waals surface area contributed by atoms with E-state index in [-0.39, 0.29) is 5.69 Å². The Balaban J connectivity index is 3.13. The van der Waals surface area contributed by atoms with E-state index in [1.807, 2.05) is 0 Å². The zero-order valence-corrected chi connectivity index (χ0v) is 8.48. The van der Waals surface area contributed by atoms with Crippen LogP contribution in [0.5, 0.6) is 0 Å². The second kappa shape index (κ2) is 3.85. The molecule has 1 rings (SSSR count). The molecule has 0 aliphatic rings. The highest BCUT2D eigenvalue weighted by Crippen LogP contribution is 2.27. The Morgan fingerprint density at radius 2 is 2.23 bits per heavy atom. The number of hydrogen-bond donors (Lipinski definition) is 1. The summed E-state index contributed by atoms with van der Waals surface area (Å²) in [6.45, 7) is 1.60. The molecule has 0 heterocycles. The van der Waals surface area contributed by atoms with Gasteiger partial charge < -0.3 is 5.11 Å². The van der Waals surface area contributed by atoms with Gasteiger partial charge in [-0.15, -0.1) is 0 Å². The summed E-state index contributed by atoms with van der Waals surface area (Å²) in [5.41, 5.74) is 0.655. The molecule has 0 bridgehead atoms. The minimum Gasteiger partial charge on any atom is -0.389 e. The Morgan fingerprint density at radius 1 is 1.62 bits per heavy atom. The Morgan fingerprint density at radius 3 is 2.62 bits per heavy atom. The number of nitro groups is 1. The number of non-ortho nitro benzene ring substituents is 1. The summed E-state index contributed by atoms with van der Waals surface area (Å²) in [6.07, 6.45) is -0.629. The van der Waals surface area contributed by atoms with Crippen molar-refractivity contribution in [1.82, 2.24) is 0 Å². The highest BCUT2D eigenvalue weighted by molar-refractivity contribution is 9.10. The van der Waals surface area contributed by atoms with Gasteiger partial charge in [-0.3, -0.25) is 10.1 Å². The second-order valence-corrected chi connectivity index (χ2v) is 3.49. The zero-order chi connectivity index (χ0) is 10.0. The third kappa shape index (κ3) is 2.26. The fraction of sp³-hybridized carbons (Fsp3) is 0.250. The summed E-state index contributed by atoms with van der Waals surface area (Å²) < 4.78 is 0.553. The van der Waals surface area contributed by atoms with Crippen molar-refractivity contribution in [3.63, 3.8) is 0 Å². The molecule has 0 amide bonds. The van der Waals surface area contributed by atoms with Gasteiger partial charge in [0.1, 0.15) is 0 Å². The maximum Gasteiger partial charge on any atom is 0.270 e. The number of aliphatic hydroxyl groups is 1. The molecule has 0 saturated carbocycles. The Kier molecular flexibility index (Phi) is 3.00. The third-order valence-corrected chi connectivity index (χ3v) is 2.33. The number of halogens is 1. The Labute approximate surface area is 83.5 Å². The van der Waals surface area contributed by atoms with Gasteiger partial charge in [0.2, 0.25) is 0 Å². The molecule has 0 spiro atoms. The van der Waals surface area contributed by atoms with Crippen molar-refractivity contribution in [2.75, 3.05) is 0 Å². The molecule has 1 N–H and O–H groups in total. The molecule has 0 aromatic heterocycles. The van der Waals surface area contributed by atoms with E-state index in [4.69, 9.17) is 0 Å². The minimum atomic E-state index is -0.629. The molecule has 0 fully saturated rings. The number of nitro benzene ring substituents is 1. The van der Waals surface area contributed by atoms with Gasteiger partial charge in [0.15, 0.2) is 0 Å². The number of aliphatic hydroxyl groups excluding tert-OH is 1. The molecule has 1 unspecified atom stereocenters. The monoisotopic (exact) mass is 245 g/mol. The fourth-order valence-electron chi connectivity index (χ4n) is 0.968. The van der Waals surface area contributed by atoms with E-state index in [2.05, 4.69) is 15.9 Å². The van der Waals surface area contributed by atoms with Gasteiger partial charge >= 0.3 is 0 Å². The van der Waals surface area contributed by atoms with Crippen LogP contribution in [0.3, 0.4) is 0 Å². The van der Waals surface area contributed by atoms with Crippen LogP contribution < -0.4 is 0 Å². The standard InChI is InChI=1S/C8H8BrNO3/c1-5(11)7-3-2-6(10(12)13)4-8(7)9/h2-5,11H,1H3. The quantitative estimate of drug-likeness (QED) is 0.643. The molecule has 0 aliphatic carbocycles. The minimum absolute atomic E-state index is 0.0104. The number of nitrogens with zero attached hydrogens (tertiary/aromatic N) is 1. The van der Waals surface area contributed by atoms with Gasteiger partial charge in [0.05, 0.1) is 11.0 Å². The van der Waals surface area contributed by atoms with Crippen LogP contribution in [0.15, 0.2) is 22.7 Å². The summed E-state index contributed by atoms with van der Waals surface area (Å²) in [7, 11) is 0. The number of rotatable bonds is 2. The van der Waals surface area contributed by atoms with Crippen molar-refractivity contribution in [2.24, 2.45) is 0 Å². The van der Waals surface area contributed by atoms with Crippen molar-refractivity contribution in [1.29, 1.82) is 0 Å². The Hall–Kier alpha value is -0.940. The molecule has 0 aliphatic heterocycles. The van der Waals surface area contributed by atoms with E-state index < -0.39 is 11.0 Å². The average Bonchev–Trinajstić information content (AvgIpc) is 2.03. The van der Waals surface area contributed by atoms with Crippen LogP contribution in [-0.2, 0) is 0 Å². The van der Waals surface area contributed by atoms with Crippen LogP contribution in [0.4, 0.5) is 5.69 Å². The highest BCUT2D eigenvalue weighted by atomic mass is 79.9. The molecular weight excluding hydrogens is 238 g/mol. The van der Waals surface area contributed by atoms with Crippen LogP contribution in [0.25, 0.3) is 0 Å². The fourth-order valence-corrected chi connectivity index (χ4v) is 1.67. The van der Waals surface area contributed by atoms with Crippen molar-refractivity contribution in [3.8, 4) is 0 Å². The lowest BCUT2D eigenvalue weighted by Gasteiger charge is -2.06. The maximum absolute atomic E-state index is 10.4. The number of benzene rings is 1. The van der Waals surface area contributed by atoms with Crippen LogP contribution >= 0.6 is 15.9 Å². The molecule has 1 aromatic rings. The van der Waals surface area contributed by atoms with Gasteiger partial charge in [-0.05, 0) is 18.6 Å². The molecule has 13 heavy (non-hydrogen) atoms. The number of hydrogen-bond acceptors (Lipinski definition) is 3. The first-order chi connectivity index (χ1) is 6.02. The topological polar surface area (TPSA) is 63.4 Å². The van der Waals surface area contributed by atoms with Crippen molar-refractivity contribution >= 4 is 21.6 Å². The van der Waals surface area contributed by atoms with Gasteiger partial charge in [-0.1, -0.05) is 15.9 Å². The van der Waals surface area contributed by atoms with Crippen molar-refractivity contribution in [3.05, 3.63) is 38.3 Å². The molecule has 0 saturated heterocycles. The van der Waals surface area contributed by atoms with E-state index in [9.17, 15) is 15.2 Å². The molecule has 5 heteroatoms. The van der Waals surface area contributed by atoms with Crippen LogP contribution in [-0.4, -0.2) is 10.0 Å². The zero-order valence-electron chi connectivity index (χ0n) is 6.90. The van der Waals surface area contributed by atoms with Crippen LogP contribution in [0, 0.1) is 10.1 Å². The molecular formula is C8H8BrNO3. The van der Waals surface area contributed by atoms with Gasteiger partial charge in [-0.2, -0.15) is 0 Å². The molecule has 70 valence electrons. The normalized spacial score (nSPS) is 12.5. The Bertz CT molecular complexity index is 338. The second-order valence-electron chi connectivity index (χ2n) is 2.64. The highest BCUT2D eigenvalue weighted by Gasteiger charge is 2.11. The summed E-state index contributed by atoms with van der Waals surface area (Å²) in [6, 6.07) is 4.28. The summed E-state index contributed by atoms with van der Waals surface area (Å²) in [4.78, 5) is 9.88. The smallest absolute Gasteiger partial charge is 0.270 e. The third-order valence-electron chi connectivity index (χ3n) is 1.64. The molecule has 1 aromatic carbocycles.